The summed E-state index contributed by atoms with van der Waals surface area (Å²) in [5, 5.41) is 3.51. The Balaban J connectivity index is 2.17. The number of rotatable bonds is 6. The summed E-state index contributed by atoms with van der Waals surface area (Å²) in [6, 6.07) is 2.93. The molecule has 21 heavy (non-hydrogen) atoms. The van der Waals surface area contributed by atoms with Crippen LogP contribution in [0.1, 0.15) is 57.2 Å². The van der Waals surface area contributed by atoms with Crippen LogP contribution in [-0.4, -0.2) is 24.6 Å². The van der Waals surface area contributed by atoms with Crippen molar-refractivity contribution in [1.82, 2.24) is 10.3 Å². The molecule has 0 bridgehead atoms. The van der Waals surface area contributed by atoms with Crippen LogP contribution in [-0.2, 0) is 6.54 Å². The molecule has 1 aromatic heterocycles. The SMILES string of the molecule is CCCNCc1cnc(C)cc1N(C)C1CCCCC1C. The molecular formula is C18H31N3. The van der Waals surface area contributed by atoms with E-state index in [1.165, 1.54) is 43.4 Å². The predicted molar refractivity (Wildman–Crippen MR) is 90.8 cm³/mol. The second-order valence-corrected chi connectivity index (χ2v) is 6.57. The molecule has 2 unspecified atom stereocenters. The van der Waals surface area contributed by atoms with Gasteiger partial charge in [-0.2, -0.15) is 0 Å². The molecule has 0 radical (unpaired) electrons. The van der Waals surface area contributed by atoms with Crippen molar-refractivity contribution < 1.29 is 0 Å². The largest absolute Gasteiger partial charge is 0.371 e. The molecule has 0 amide bonds. The highest BCUT2D eigenvalue weighted by molar-refractivity contribution is 5.54. The number of aryl methyl sites for hydroxylation is 1. The van der Waals surface area contributed by atoms with E-state index < -0.39 is 0 Å². The zero-order valence-corrected chi connectivity index (χ0v) is 14.2. The van der Waals surface area contributed by atoms with Gasteiger partial charge in [0.05, 0.1) is 0 Å². The molecule has 1 saturated carbocycles. The Morgan fingerprint density at radius 2 is 2.10 bits per heavy atom. The number of aromatic nitrogens is 1. The van der Waals surface area contributed by atoms with E-state index >= 15 is 0 Å². The van der Waals surface area contributed by atoms with Crippen LogP contribution in [0, 0.1) is 12.8 Å². The third-order valence-corrected chi connectivity index (χ3v) is 4.78. The summed E-state index contributed by atoms with van der Waals surface area (Å²) in [6.07, 6.45) is 8.67. The smallest absolute Gasteiger partial charge is 0.0445 e. The fourth-order valence-corrected chi connectivity index (χ4v) is 3.49. The molecule has 2 rings (SSSR count). The molecule has 1 aliphatic rings. The Morgan fingerprint density at radius 3 is 2.81 bits per heavy atom. The average molecular weight is 289 g/mol. The van der Waals surface area contributed by atoms with Gasteiger partial charge in [-0.1, -0.05) is 26.7 Å². The third kappa shape index (κ3) is 4.19. The second kappa shape index (κ2) is 7.79. The van der Waals surface area contributed by atoms with Gasteiger partial charge >= 0.3 is 0 Å². The first-order valence-electron chi connectivity index (χ1n) is 8.52. The molecule has 0 aromatic carbocycles. The van der Waals surface area contributed by atoms with Gasteiger partial charge in [0.2, 0.25) is 0 Å². The van der Waals surface area contributed by atoms with E-state index in [-0.39, 0.29) is 0 Å². The molecule has 1 aliphatic carbocycles. The minimum atomic E-state index is 0.672. The molecule has 3 nitrogen and oxygen atoms in total. The topological polar surface area (TPSA) is 28.2 Å². The Labute approximate surface area is 130 Å². The van der Waals surface area contributed by atoms with Crippen molar-refractivity contribution >= 4 is 5.69 Å². The fraction of sp³-hybridized carbons (Fsp3) is 0.722. The maximum Gasteiger partial charge on any atom is 0.0445 e. The van der Waals surface area contributed by atoms with E-state index in [4.69, 9.17) is 0 Å². The van der Waals surface area contributed by atoms with Gasteiger partial charge in [0.1, 0.15) is 0 Å². The molecule has 2 atom stereocenters. The van der Waals surface area contributed by atoms with Crippen molar-refractivity contribution in [3.63, 3.8) is 0 Å². The number of nitrogens with zero attached hydrogens (tertiary/aromatic N) is 2. The number of hydrogen-bond donors (Lipinski definition) is 1. The Morgan fingerprint density at radius 1 is 1.33 bits per heavy atom. The molecule has 3 heteroatoms. The molecule has 1 aromatic rings. The average Bonchev–Trinajstić information content (AvgIpc) is 2.49. The summed E-state index contributed by atoms with van der Waals surface area (Å²) >= 11 is 0. The summed E-state index contributed by atoms with van der Waals surface area (Å²) in [4.78, 5) is 7.01. The summed E-state index contributed by atoms with van der Waals surface area (Å²) in [7, 11) is 2.27. The first-order valence-corrected chi connectivity index (χ1v) is 8.52. The van der Waals surface area contributed by atoms with Crippen LogP contribution in [0.15, 0.2) is 12.3 Å². The van der Waals surface area contributed by atoms with E-state index in [1.54, 1.807) is 0 Å². The first kappa shape index (κ1) is 16.3. The number of pyridine rings is 1. The number of nitrogens with one attached hydrogen (secondary N) is 1. The van der Waals surface area contributed by atoms with Crippen molar-refractivity contribution in [3.8, 4) is 0 Å². The summed E-state index contributed by atoms with van der Waals surface area (Å²) in [5.41, 5.74) is 3.80. The maximum absolute atomic E-state index is 4.50. The van der Waals surface area contributed by atoms with Crippen LogP contribution in [0.4, 0.5) is 5.69 Å². The molecular weight excluding hydrogens is 258 g/mol. The lowest BCUT2D eigenvalue weighted by Gasteiger charge is -2.38. The van der Waals surface area contributed by atoms with Crippen LogP contribution < -0.4 is 10.2 Å². The van der Waals surface area contributed by atoms with Crippen LogP contribution in [0.3, 0.4) is 0 Å². The Hall–Kier alpha value is -1.09. The van der Waals surface area contributed by atoms with Crippen molar-refractivity contribution in [2.24, 2.45) is 5.92 Å². The molecule has 1 fully saturated rings. The summed E-state index contributed by atoms with van der Waals surface area (Å²) < 4.78 is 0. The van der Waals surface area contributed by atoms with Crippen molar-refractivity contribution in [1.29, 1.82) is 0 Å². The van der Waals surface area contributed by atoms with E-state index in [0.717, 1.165) is 24.7 Å². The summed E-state index contributed by atoms with van der Waals surface area (Å²) in [5.74, 6) is 0.786. The monoisotopic (exact) mass is 289 g/mol. The van der Waals surface area contributed by atoms with E-state index in [1.807, 2.05) is 0 Å². The van der Waals surface area contributed by atoms with Gasteiger partial charge in [-0.05, 0) is 44.7 Å². The van der Waals surface area contributed by atoms with Crippen LogP contribution in [0.2, 0.25) is 0 Å². The van der Waals surface area contributed by atoms with Gasteiger partial charge in [-0.15, -0.1) is 0 Å². The highest BCUT2D eigenvalue weighted by Crippen LogP contribution is 2.32. The Kier molecular flexibility index (Phi) is 6.04. The van der Waals surface area contributed by atoms with Crippen molar-refractivity contribution in [3.05, 3.63) is 23.5 Å². The lowest BCUT2D eigenvalue weighted by Crippen LogP contribution is -2.39. The lowest BCUT2D eigenvalue weighted by atomic mass is 9.84. The fourth-order valence-electron chi connectivity index (χ4n) is 3.49. The molecule has 0 spiro atoms. The number of anilines is 1. The molecule has 0 aliphatic heterocycles. The van der Waals surface area contributed by atoms with Gasteiger partial charge in [0.15, 0.2) is 0 Å². The van der Waals surface area contributed by atoms with Crippen LogP contribution >= 0.6 is 0 Å². The third-order valence-electron chi connectivity index (χ3n) is 4.78. The van der Waals surface area contributed by atoms with Gasteiger partial charge in [-0.3, -0.25) is 4.98 Å². The van der Waals surface area contributed by atoms with Gasteiger partial charge in [0.25, 0.3) is 0 Å². The van der Waals surface area contributed by atoms with Crippen LogP contribution in [0.5, 0.6) is 0 Å². The lowest BCUT2D eigenvalue weighted by molar-refractivity contribution is 0.321. The van der Waals surface area contributed by atoms with Crippen molar-refractivity contribution in [2.75, 3.05) is 18.5 Å². The molecule has 1 N–H and O–H groups in total. The van der Waals surface area contributed by atoms with Gasteiger partial charge in [-0.25, -0.2) is 0 Å². The van der Waals surface area contributed by atoms with E-state index in [9.17, 15) is 0 Å². The highest BCUT2D eigenvalue weighted by atomic mass is 15.1. The second-order valence-electron chi connectivity index (χ2n) is 6.57. The number of hydrogen-bond acceptors (Lipinski definition) is 3. The maximum atomic E-state index is 4.50. The predicted octanol–water partition coefficient (Wildman–Crippen LogP) is 3.90. The zero-order chi connectivity index (χ0) is 15.2. The van der Waals surface area contributed by atoms with Crippen molar-refractivity contribution in [2.45, 2.75) is 65.5 Å². The highest BCUT2D eigenvalue weighted by Gasteiger charge is 2.26. The van der Waals surface area contributed by atoms with Crippen LogP contribution in [0.25, 0.3) is 0 Å². The molecule has 118 valence electrons. The minimum absolute atomic E-state index is 0.672. The first-order chi connectivity index (χ1) is 10.1. The summed E-state index contributed by atoms with van der Waals surface area (Å²) in [6.45, 7) is 8.68. The minimum Gasteiger partial charge on any atom is -0.371 e. The quantitative estimate of drug-likeness (QED) is 0.805. The Bertz CT molecular complexity index is 444. The zero-order valence-electron chi connectivity index (χ0n) is 14.2. The van der Waals surface area contributed by atoms with Gasteiger partial charge in [0, 0.05) is 42.8 Å². The normalized spacial score (nSPS) is 22.3. The molecule has 0 saturated heterocycles. The van der Waals surface area contributed by atoms with Gasteiger partial charge < -0.3 is 10.2 Å². The molecule has 1 heterocycles. The van der Waals surface area contributed by atoms with E-state index in [0.29, 0.717) is 6.04 Å². The standard InChI is InChI=1S/C18H31N3/c1-5-10-19-12-16-13-20-15(3)11-18(16)21(4)17-9-7-6-8-14(17)2/h11,13-14,17,19H,5-10,12H2,1-4H3. The van der Waals surface area contributed by atoms with E-state index in [2.05, 4.69) is 55.3 Å².